The first-order valence-electron chi connectivity index (χ1n) is 5.72. The average Bonchev–Trinajstić information content (AvgIpc) is 2.31. The molecule has 1 aromatic carbocycles. The molecular weight excluding hydrogens is 218 g/mol. The van der Waals surface area contributed by atoms with Gasteiger partial charge in [0.25, 0.3) is 0 Å². The second kappa shape index (κ2) is 6.81. The van der Waals surface area contributed by atoms with E-state index < -0.39 is 0 Å². The third-order valence-electron chi connectivity index (χ3n) is 2.76. The normalized spacial score (nSPS) is 14.7. The van der Waals surface area contributed by atoms with E-state index in [2.05, 4.69) is 25.4 Å². The summed E-state index contributed by atoms with van der Waals surface area (Å²) in [6, 6.07) is 7.85. The summed E-state index contributed by atoms with van der Waals surface area (Å²) in [6.45, 7) is 5.41. The van der Waals surface area contributed by atoms with Crippen molar-refractivity contribution in [3.8, 4) is 5.75 Å². The van der Waals surface area contributed by atoms with Crippen LogP contribution in [0.4, 0.5) is 0 Å². The fourth-order valence-corrected chi connectivity index (χ4v) is 1.86. The number of benzene rings is 1. The third-order valence-corrected chi connectivity index (χ3v) is 3.73. The van der Waals surface area contributed by atoms with Gasteiger partial charge < -0.3 is 10.4 Å². The zero-order valence-electron chi connectivity index (χ0n) is 10.2. The van der Waals surface area contributed by atoms with Crippen LogP contribution in [0, 0.1) is 0 Å². The molecule has 0 aliphatic carbocycles. The van der Waals surface area contributed by atoms with Gasteiger partial charge in [-0.25, -0.2) is 0 Å². The molecule has 3 heteroatoms. The minimum Gasteiger partial charge on any atom is -0.508 e. The van der Waals surface area contributed by atoms with Crippen LogP contribution in [-0.2, 0) is 0 Å². The Morgan fingerprint density at radius 3 is 2.44 bits per heavy atom. The van der Waals surface area contributed by atoms with Crippen LogP contribution >= 0.6 is 11.8 Å². The highest BCUT2D eigenvalue weighted by molar-refractivity contribution is 7.99. The lowest BCUT2D eigenvalue weighted by Gasteiger charge is -2.19. The van der Waals surface area contributed by atoms with Crippen molar-refractivity contribution in [3.05, 3.63) is 29.8 Å². The van der Waals surface area contributed by atoms with Gasteiger partial charge in [-0.1, -0.05) is 26.0 Å². The largest absolute Gasteiger partial charge is 0.508 e. The Kier molecular flexibility index (Phi) is 5.71. The number of hydrogen-bond donors (Lipinski definition) is 2. The molecule has 2 unspecified atom stereocenters. The molecule has 1 aromatic rings. The van der Waals surface area contributed by atoms with Crippen molar-refractivity contribution in [2.24, 2.45) is 0 Å². The summed E-state index contributed by atoms with van der Waals surface area (Å²) < 4.78 is 0. The Bertz CT molecular complexity index is 299. The Balaban J connectivity index is 2.57. The quantitative estimate of drug-likeness (QED) is 0.799. The Morgan fingerprint density at radius 2 is 1.94 bits per heavy atom. The van der Waals surface area contributed by atoms with Crippen LogP contribution in [0.25, 0.3) is 0 Å². The van der Waals surface area contributed by atoms with E-state index in [1.54, 1.807) is 12.1 Å². The van der Waals surface area contributed by atoms with Crippen LogP contribution in [0.5, 0.6) is 5.75 Å². The monoisotopic (exact) mass is 239 g/mol. The van der Waals surface area contributed by atoms with Crippen molar-refractivity contribution < 1.29 is 5.11 Å². The van der Waals surface area contributed by atoms with E-state index in [-0.39, 0.29) is 0 Å². The molecule has 0 aliphatic rings. The van der Waals surface area contributed by atoms with Crippen LogP contribution in [0.3, 0.4) is 0 Å². The first kappa shape index (κ1) is 13.4. The molecule has 0 spiro atoms. The van der Waals surface area contributed by atoms with Gasteiger partial charge in [0.15, 0.2) is 0 Å². The van der Waals surface area contributed by atoms with Crippen molar-refractivity contribution in [1.82, 2.24) is 5.32 Å². The van der Waals surface area contributed by atoms with E-state index in [0.29, 0.717) is 17.0 Å². The lowest BCUT2D eigenvalue weighted by Crippen LogP contribution is -2.27. The second-order valence-electron chi connectivity index (χ2n) is 4.01. The molecule has 1 rings (SSSR count). The number of phenolic OH excluding ortho intramolecular Hbond substituents is 1. The zero-order chi connectivity index (χ0) is 12.0. The van der Waals surface area contributed by atoms with Crippen molar-refractivity contribution >= 4 is 11.8 Å². The lowest BCUT2D eigenvalue weighted by atomic mass is 10.0. The Morgan fingerprint density at radius 1 is 1.31 bits per heavy atom. The molecule has 0 radical (unpaired) electrons. The van der Waals surface area contributed by atoms with Crippen LogP contribution in [0.2, 0.25) is 0 Å². The van der Waals surface area contributed by atoms with Crippen molar-refractivity contribution in [1.29, 1.82) is 0 Å². The van der Waals surface area contributed by atoms with E-state index in [9.17, 15) is 5.11 Å². The van der Waals surface area contributed by atoms with Crippen LogP contribution in [-0.4, -0.2) is 23.2 Å². The summed E-state index contributed by atoms with van der Waals surface area (Å²) >= 11 is 1.87. The van der Waals surface area contributed by atoms with Gasteiger partial charge in [-0.3, -0.25) is 0 Å². The van der Waals surface area contributed by atoms with Crippen LogP contribution < -0.4 is 5.32 Å². The fourth-order valence-electron chi connectivity index (χ4n) is 1.60. The van der Waals surface area contributed by atoms with E-state index in [1.807, 2.05) is 23.9 Å². The maximum Gasteiger partial charge on any atom is 0.115 e. The molecule has 0 aliphatic heterocycles. The SMILES string of the molecule is CCC(NCC(C)SC)c1ccc(O)cc1. The summed E-state index contributed by atoms with van der Waals surface area (Å²) in [6.07, 6.45) is 3.19. The lowest BCUT2D eigenvalue weighted by molar-refractivity contribution is 0.473. The summed E-state index contributed by atoms with van der Waals surface area (Å²) in [4.78, 5) is 0. The molecule has 0 amide bonds. The minimum absolute atomic E-state index is 0.330. The van der Waals surface area contributed by atoms with Gasteiger partial charge >= 0.3 is 0 Å². The first-order valence-corrected chi connectivity index (χ1v) is 7.01. The van der Waals surface area contributed by atoms with Gasteiger partial charge in [0, 0.05) is 17.8 Å². The van der Waals surface area contributed by atoms with E-state index in [4.69, 9.17) is 0 Å². The molecule has 2 nitrogen and oxygen atoms in total. The number of hydrogen-bond acceptors (Lipinski definition) is 3. The Labute approximate surface area is 102 Å². The number of aromatic hydroxyl groups is 1. The Hall–Kier alpha value is -0.670. The van der Waals surface area contributed by atoms with Gasteiger partial charge in [0.1, 0.15) is 5.75 Å². The predicted molar refractivity (Wildman–Crippen MR) is 72.1 cm³/mol. The molecule has 90 valence electrons. The average molecular weight is 239 g/mol. The molecule has 0 saturated carbocycles. The molecular formula is C13H21NOS. The smallest absolute Gasteiger partial charge is 0.115 e. The van der Waals surface area contributed by atoms with Crippen LogP contribution in [0.15, 0.2) is 24.3 Å². The minimum atomic E-state index is 0.330. The summed E-state index contributed by atoms with van der Waals surface area (Å²) in [5.74, 6) is 0.330. The standard InChI is InChI=1S/C13H21NOS/c1-4-13(14-9-10(2)16-3)11-5-7-12(15)8-6-11/h5-8,10,13-15H,4,9H2,1-3H3. The van der Waals surface area contributed by atoms with Gasteiger partial charge in [-0.05, 0) is 30.4 Å². The van der Waals surface area contributed by atoms with E-state index in [0.717, 1.165) is 13.0 Å². The maximum atomic E-state index is 9.24. The van der Waals surface area contributed by atoms with Gasteiger partial charge in [0.05, 0.1) is 0 Å². The van der Waals surface area contributed by atoms with Gasteiger partial charge in [0.2, 0.25) is 0 Å². The zero-order valence-corrected chi connectivity index (χ0v) is 11.1. The number of rotatable bonds is 6. The van der Waals surface area contributed by atoms with Crippen molar-refractivity contribution in [2.45, 2.75) is 31.6 Å². The van der Waals surface area contributed by atoms with E-state index >= 15 is 0 Å². The number of thioether (sulfide) groups is 1. The highest BCUT2D eigenvalue weighted by Gasteiger charge is 2.09. The maximum absolute atomic E-state index is 9.24. The molecule has 0 saturated heterocycles. The van der Waals surface area contributed by atoms with E-state index in [1.165, 1.54) is 5.56 Å². The molecule has 0 fully saturated rings. The molecule has 2 N–H and O–H groups in total. The molecule has 0 bridgehead atoms. The van der Waals surface area contributed by atoms with Crippen molar-refractivity contribution in [3.63, 3.8) is 0 Å². The molecule has 2 atom stereocenters. The first-order chi connectivity index (χ1) is 7.67. The molecule has 0 aromatic heterocycles. The number of phenols is 1. The predicted octanol–water partition coefficient (Wildman–Crippen LogP) is 3.18. The summed E-state index contributed by atoms with van der Waals surface area (Å²) in [5, 5.41) is 13.4. The number of nitrogens with one attached hydrogen (secondary N) is 1. The van der Waals surface area contributed by atoms with Gasteiger partial charge in [-0.2, -0.15) is 11.8 Å². The highest BCUT2D eigenvalue weighted by atomic mass is 32.2. The summed E-state index contributed by atoms with van der Waals surface area (Å²) in [5.41, 5.74) is 1.24. The summed E-state index contributed by atoms with van der Waals surface area (Å²) in [7, 11) is 0. The topological polar surface area (TPSA) is 32.3 Å². The van der Waals surface area contributed by atoms with Crippen LogP contribution in [0.1, 0.15) is 31.9 Å². The fraction of sp³-hybridized carbons (Fsp3) is 0.538. The molecule has 0 heterocycles. The third kappa shape index (κ3) is 4.06. The van der Waals surface area contributed by atoms with Gasteiger partial charge in [-0.15, -0.1) is 0 Å². The van der Waals surface area contributed by atoms with Crippen molar-refractivity contribution in [2.75, 3.05) is 12.8 Å². The molecule has 16 heavy (non-hydrogen) atoms. The second-order valence-corrected chi connectivity index (χ2v) is 5.28. The highest BCUT2D eigenvalue weighted by Crippen LogP contribution is 2.19.